The Hall–Kier alpha value is -0.570. The van der Waals surface area contributed by atoms with Gasteiger partial charge in [-0.2, -0.15) is 4.99 Å². The molecule has 1 rings (SSSR count). The maximum absolute atomic E-state index is 10.4. The minimum Gasteiger partial charge on any atom is -0.253 e. The van der Waals surface area contributed by atoms with Crippen LogP contribution in [0.15, 0.2) is 29.3 Å². The zero-order valence-electron chi connectivity index (χ0n) is 6.30. The van der Waals surface area contributed by atoms with Crippen molar-refractivity contribution in [1.82, 2.24) is 0 Å². The first-order chi connectivity index (χ1) is 6.09. The third kappa shape index (κ3) is 3.35. The second kappa shape index (κ2) is 4.61. The number of rotatable bonds is 1. The molecule has 0 aliphatic rings. The molecular weight excluding hydrogens is 232 g/mol. The zero-order valence-corrected chi connectivity index (χ0v) is 8.57. The maximum atomic E-state index is 10.4. The van der Waals surface area contributed by atoms with Crippen molar-refractivity contribution in [2.45, 2.75) is 0 Å². The van der Waals surface area contributed by atoms with Crippen LogP contribution >= 0.6 is 34.8 Å². The van der Waals surface area contributed by atoms with Crippen molar-refractivity contribution >= 4 is 45.3 Å². The zero-order chi connectivity index (χ0) is 9.84. The summed E-state index contributed by atoms with van der Waals surface area (Å²) < 4.78 is 0. The number of hydrogen-bond acceptors (Lipinski definition) is 1. The summed E-state index contributed by atoms with van der Waals surface area (Å²) in [5, 5.41) is -0.206. The first-order valence-electron chi connectivity index (χ1n) is 3.29. The Labute approximate surface area is 90.1 Å². The van der Waals surface area contributed by atoms with E-state index in [4.69, 9.17) is 34.8 Å². The minimum absolute atomic E-state index is 0.0525. The highest BCUT2D eigenvalue weighted by Gasteiger charge is 2.01. The number of benzene rings is 1. The number of carbonyl (C=O) groups excluding carboxylic acids is 1. The van der Waals surface area contributed by atoms with Gasteiger partial charge in [0.1, 0.15) is 5.17 Å². The first kappa shape index (κ1) is 10.5. The van der Waals surface area contributed by atoms with Crippen LogP contribution in [-0.4, -0.2) is 10.5 Å². The molecular formula is C8H4Cl3NO. The molecule has 1 amide bonds. The second-order valence-corrected chi connectivity index (χ2v) is 3.28. The van der Waals surface area contributed by atoms with Crippen LogP contribution in [0.4, 0.5) is 4.79 Å². The van der Waals surface area contributed by atoms with E-state index in [9.17, 15) is 4.79 Å². The van der Waals surface area contributed by atoms with E-state index in [1.54, 1.807) is 24.3 Å². The number of amides is 1. The summed E-state index contributed by atoms with van der Waals surface area (Å²) in [4.78, 5) is 13.7. The van der Waals surface area contributed by atoms with E-state index in [2.05, 4.69) is 4.99 Å². The number of carbonyl (C=O) groups is 1. The minimum atomic E-state index is -0.847. The highest BCUT2D eigenvalue weighted by molar-refractivity contribution is 6.73. The molecule has 0 aliphatic carbocycles. The molecule has 0 aliphatic heterocycles. The quantitative estimate of drug-likeness (QED) is 0.415. The summed E-state index contributed by atoms with van der Waals surface area (Å²) in [6, 6.07) is 6.59. The largest absolute Gasteiger partial charge is 0.341 e. The Balaban J connectivity index is 2.96. The Morgan fingerprint density at radius 3 is 2.15 bits per heavy atom. The molecule has 0 radical (unpaired) electrons. The standard InChI is InChI=1S/C8H4Cl3NO/c9-6-3-1-5(2-4-6)7(10)12-8(11)13/h1-4H/b12-7-. The Kier molecular flexibility index (Phi) is 3.72. The smallest absolute Gasteiger partial charge is 0.253 e. The molecule has 0 fully saturated rings. The van der Waals surface area contributed by atoms with Gasteiger partial charge in [0.2, 0.25) is 0 Å². The molecule has 68 valence electrons. The lowest BCUT2D eigenvalue weighted by atomic mass is 10.2. The van der Waals surface area contributed by atoms with Gasteiger partial charge in [0.25, 0.3) is 0 Å². The highest BCUT2D eigenvalue weighted by Crippen LogP contribution is 2.12. The first-order valence-corrected chi connectivity index (χ1v) is 4.42. The van der Waals surface area contributed by atoms with Gasteiger partial charge in [-0.3, -0.25) is 4.79 Å². The average molecular weight is 236 g/mol. The summed E-state index contributed by atoms with van der Waals surface area (Å²) in [6.07, 6.45) is 0. The van der Waals surface area contributed by atoms with Crippen molar-refractivity contribution in [3.05, 3.63) is 34.9 Å². The molecule has 0 spiro atoms. The molecule has 1 aromatic carbocycles. The molecule has 1 aromatic rings. The summed E-state index contributed by atoms with van der Waals surface area (Å²) in [5.74, 6) is 0. The Bertz CT molecular complexity index is 345. The molecule has 5 heteroatoms. The van der Waals surface area contributed by atoms with Gasteiger partial charge in [-0.05, 0) is 23.7 Å². The molecule has 0 saturated heterocycles. The van der Waals surface area contributed by atoms with Gasteiger partial charge >= 0.3 is 5.37 Å². The van der Waals surface area contributed by atoms with Gasteiger partial charge in [-0.15, -0.1) is 0 Å². The van der Waals surface area contributed by atoms with Crippen molar-refractivity contribution in [3.63, 3.8) is 0 Å². The summed E-state index contributed by atoms with van der Waals surface area (Å²) in [5.41, 5.74) is 0.597. The number of nitrogens with zero attached hydrogens (tertiary/aromatic N) is 1. The fourth-order valence-corrected chi connectivity index (χ4v) is 1.19. The SMILES string of the molecule is O=C(Cl)/N=C(\Cl)c1ccc(Cl)cc1. The lowest BCUT2D eigenvalue weighted by molar-refractivity contribution is 0.266. The average Bonchev–Trinajstić information content (AvgIpc) is 2.04. The van der Waals surface area contributed by atoms with Crippen LogP contribution in [0.5, 0.6) is 0 Å². The Morgan fingerprint density at radius 2 is 1.69 bits per heavy atom. The topological polar surface area (TPSA) is 29.4 Å². The normalized spacial score (nSPS) is 11.5. The molecule has 0 bridgehead atoms. The van der Waals surface area contributed by atoms with Gasteiger partial charge in [0.05, 0.1) is 0 Å². The van der Waals surface area contributed by atoms with Crippen LogP contribution in [0.3, 0.4) is 0 Å². The van der Waals surface area contributed by atoms with E-state index < -0.39 is 5.37 Å². The van der Waals surface area contributed by atoms with E-state index in [0.717, 1.165) is 0 Å². The monoisotopic (exact) mass is 235 g/mol. The van der Waals surface area contributed by atoms with Gasteiger partial charge in [-0.25, -0.2) is 0 Å². The molecule has 13 heavy (non-hydrogen) atoms. The van der Waals surface area contributed by atoms with E-state index in [1.807, 2.05) is 0 Å². The molecule has 0 N–H and O–H groups in total. The fourth-order valence-electron chi connectivity index (χ4n) is 0.729. The third-order valence-corrected chi connectivity index (χ3v) is 1.91. The van der Waals surface area contributed by atoms with Crippen molar-refractivity contribution in [2.75, 3.05) is 0 Å². The fraction of sp³-hybridized carbons (Fsp3) is 0. The van der Waals surface area contributed by atoms with Crippen molar-refractivity contribution < 1.29 is 4.79 Å². The van der Waals surface area contributed by atoms with Gasteiger partial charge in [-0.1, -0.05) is 35.3 Å². The lowest BCUT2D eigenvalue weighted by Crippen LogP contribution is -1.92. The summed E-state index contributed by atoms with van der Waals surface area (Å²) in [6.45, 7) is 0. The second-order valence-electron chi connectivity index (χ2n) is 2.16. The van der Waals surface area contributed by atoms with Gasteiger partial charge in [0, 0.05) is 10.6 Å². The maximum Gasteiger partial charge on any atom is 0.341 e. The van der Waals surface area contributed by atoms with Crippen LogP contribution in [0.25, 0.3) is 0 Å². The van der Waals surface area contributed by atoms with Crippen LogP contribution < -0.4 is 0 Å². The molecule has 0 atom stereocenters. The van der Waals surface area contributed by atoms with Gasteiger partial charge < -0.3 is 0 Å². The predicted molar refractivity (Wildman–Crippen MR) is 55.1 cm³/mol. The van der Waals surface area contributed by atoms with Crippen LogP contribution in [0, 0.1) is 0 Å². The Morgan fingerprint density at radius 1 is 1.15 bits per heavy atom. The van der Waals surface area contributed by atoms with E-state index in [-0.39, 0.29) is 5.17 Å². The van der Waals surface area contributed by atoms with Crippen molar-refractivity contribution in [2.24, 2.45) is 4.99 Å². The van der Waals surface area contributed by atoms with E-state index in [1.165, 1.54) is 0 Å². The van der Waals surface area contributed by atoms with Crippen LogP contribution in [0.1, 0.15) is 5.56 Å². The highest BCUT2D eigenvalue weighted by atomic mass is 35.5. The molecule has 0 saturated carbocycles. The number of halogens is 3. The van der Waals surface area contributed by atoms with Crippen LogP contribution in [-0.2, 0) is 0 Å². The van der Waals surface area contributed by atoms with Crippen molar-refractivity contribution in [1.29, 1.82) is 0 Å². The molecule has 0 aromatic heterocycles. The van der Waals surface area contributed by atoms with Crippen molar-refractivity contribution in [3.8, 4) is 0 Å². The number of aliphatic imine (C=N–C) groups is 1. The summed E-state index contributed by atoms with van der Waals surface area (Å²) >= 11 is 16.3. The molecule has 0 unspecified atom stereocenters. The molecule has 0 heterocycles. The third-order valence-electron chi connectivity index (χ3n) is 1.27. The molecule has 2 nitrogen and oxygen atoms in total. The number of hydrogen-bond donors (Lipinski definition) is 0. The summed E-state index contributed by atoms with van der Waals surface area (Å²) in [7, 11) is 0. The van der Waals surface area contributed by atoms with Crippen LogP contribution in [0.2, 0.25) is 5.02 Å². The van der Waals surface area contributed by atoms with E-state index in [0.29, 0.717) is 10.6 Å². The van der Waals surface area contributed by atoms with E-state index >= 15 is 0 Å². The van der Waals surface area contributed by atoms with Gasteiger partial charge in [0.15, 0.2) is 0 Å². The lowest BCUT2D eigenvalue weighted by Gasteiger charge is -1.96. The predicted octanol–water partition coefficient (Wildman–Crippen LogP) is 3.68.